The maximum Gasteiger partial charge on any atom is 0.513 e. The number of aromatic nitrogens is 5. The number of pyridine rings is 1. The maximum atomic E-state index is 11.0. The molecular formula is C19H20N6O4S. The van der Waals surface area contributed by atoms with Crippen molar-refractivity contribution in [2.24, 2.45) is 5.92 Å². The molecule has 11 heteroatoms. The summed E-state index contributed by atoms with van der Waals surface area (Å²) in [7, 11) is 1.75. The van der Waals surface area contributed by atoms with Crippen LogP contribution in [0.3, 0.4) is 0 Å². The lowest BCUT2D eigenvalue weighted by atomic mass is 10.2. The number of carbonyl (C=O) groups is 1. The number of ether oxygens (including phenoxy) is 2. The van der Waals surface area contributed by atoms with Crippen molar-refractivity contribution < 1.29 is 19.4 Å². The molecule has 156 valence electrons. The lowest BCUT2D eigenvalue weighted by Gasteiger charge is -2.15. The molecule has 3 aromatic heterocycles. The number of nitrogens with zero attached hydrogens (tertiary/aromatic N) is 6. The Morgan fingerprint density at radius 1 is 1.30 bits per heavy atom. The molecule has 1 N–H and O–H groups in total. The number of hydrogen-bond donors (Lipinski definition) is 1. The fourth-order valence-corrected chi connectivity index (χ4v) is 3.62. The van der Waals surface area contributed by atoms with Crippen molar-refractivity contribution in [3.8, 4) is 11.9 Å². The van der Waals surface area contributed by atoms with Gasteiger partial charge in [-0.05, 0) is 31.9 Å². The van der Waals surface area contributed by atoms with Gasteiger partial charge in [-0.2, -0.15) is 9.97 Å². The van der Waals surface area contributed by atoms with Gasteiger partial charge in [-0.15, -0.1) is 10.2 Å². The minimum absolute atomic E-state index is 0.229. The van der Waals surface area contributed by atoms with Gasteiger partial charge in [0.2, 0.25) is 11.0 Å². The van der Waals surface area contributed by atoms with Crippen LogP contribution in [-0.2, 0) is 0 Å². The highest BCUT2D eigenvalue weighted by Gasteiger charge is 2.40. The molecule has 10 nitrogen and oxygen atoms in total. The van der Waals surface area contributed by atoms with Gasteiger partial charge in [-0.25, -0.2) is 4.79 Å². The lowest BCUT2D eigenvalue weighted by molar-refractivity contribution is 0.140. The monoisotopic (exact) mass is 428 g/mol. The third kappa shape index (κ3) is 4.62. The molecule has 0 saturated heterocycles. The Balaban J connectivity index is 1.48. The van der Waals surface area contributed by atoms with Crippen molar-refractivity contribution in [1.29, 1.82) is 0 Å². The third-order valence-electron chi connectivity index (χ3n) is 4.68. The minimum atomic E-state index is -1.50. The average Bonchev–Trinajstić information content (AvgIpc) is 3.36. The number of aryl methyl sites for hydroxylation is 2. The van der Waals surface area contributed by atoms with Crippen LogP contribution < -0.4 is 14.4 Å². The van der Waals surface area contributed by atoms with Crippen molar-refractivity contribution in [2.45, 2.75) is 26.2 Å². The predicted molar refractivity (Wildman–Crippen MR) is 109 cm³/mol. The highest BCUT2D eigenvalue weighted by molar-refractivity contribution is 7.15. The summed E-state index contributed by atoms with van der Waals surface area (Å²) in [6.45, 7) is 4.29. The van der Waals surface area contributed by atoms with E-state index in [2.05, 4.69) is 36.0 Å². The van der Waals surface area contributed by atoms with Gasteiger partial charge in [0.1, 0.15) is 10.8 Å². The second-order valence-electron chi connectivity index (χ2n) is 7.05. The van der Waals surface area contributed by atoms with Crippen molar-refractivity contribution in [1.82, 2.24) is 25.1 Å². The van der Waals surface area contributed by atoms with Gasteiger partial charge in [0.25, 0.3) is 0 Å². The van der Waals surface area contributed by atoms with Crippen LogP contribution in [0.2, 0.25) is 0 Å². The van der Waals surface area contributed by atoms with Crippen LogP contribution in [0.5, 0.6) is 11.9 Å². The normalized spacial score (nSPS) is 17.4. The van der Waals surface area contributed by atoms with E-state index in [9.17, 15) is 4.79 Å². The Hall–Kier alpha value is -3.34. The standard InChI is InChI=1S/C19H20N6O4S/c1-10-4-5-14(20-8-10)13-6-12(13)9-28-16-7-15(21-17(22-16)29-19(26)27)25(3)18-24-23-11(2)30-18/h4-5,7-8,12-13H,6,9H2,1-3H3,(H,26,27)/t12-,13+/m0/s1. The van der Waals surface area contributed by atoms with E-state index in [1.165, 1.54) is 11.3 Å². The number of anilines is 2. The van der Waals surface area contributed by atoms with Gasteiger partial charge in [0, 0.05) is 36.8 Å². The van der Waals surface area contributed by atoms with Crippen LogP contribution in [0.25, 0.3) is 0 Å². The number of carboxylic acid groups (broad SMARTS) is 1. The first kappa shape index (κ1) is 20.0. The highest BCUT2D eigenvalue weighted by atomic mass is 32.1. The molecule has 0 bridgehead atoms. The molecule has 1 saturated carbocycles. The van der Waals surface area contributed by atoms with Crippen LogP contribution >= 0.6 is 11.3 Å². The Bertz CT molecular complexity index is 1060. The average molecular weight is 428 g/mol. The number of rotatable bonds is 7. The van der Waals surface area contributed by atoms with E-state index < -0.39 is 6.16 Å². The minimum Gasteiger partial charge on any atom is -0.477 e. The van der Waals surface area contributed by atoms with E-state index >= 15 is 0 Å². The van der Waals surface area contributed by atoms with Gasteiger partial charge < -0.3 is 19.5 Å². The highest BCUT2D eigenvalue weighted by Crippen LogP contribution is 2.46. The zero-order valence-electron chi connectivity index (χ0n) is 16.6. The first-order valence-electron chi connectivity index (χ1n) is 9.28. The van der Waals surface area contributed by atoms with Crippen LogP contribution in [0, 0.1) is 19.8 Å². The van der Waals surface area contributed by atoms with Gasteiger partial charge in [-0.3, -0.25) is 4.98 Å². The third-order valence-corrected chi connectivity index (χ3v) is 5.59. The molecule has 0 aliphatic heterocycles. The fraction of sp³-hybridized carbons (Fsp3) is 0.368. The fourth-order valence-electron chi connectivity index (χ4n) is 2.97. The molecule has 1 aliphatic rings. The largest absolute Gasteiger partial charge is 0.513 e. The molecule has 0 spiro atoms. The summed E-state index contributed by atoms with van der Waals surface area (Å²) in [6, 6.07) is 5.40. The molecule has 2 atom stereocenters. The van der Waals surface area contributed by atoms with Gasteiger partial charge in [0.15, 0.2) is 0 Å². The Kier molecular flexibility index (Phi) is 5.44. The smallest absolute Gasteiger partial charge is 0.477 e. The lowest BCUT2D eigenvalue weighted by Crippen LogP contribution is -2.15. The SMILES string of the molecule is Cc1ccc([C@@H]2C[C@H]2COc2cc(N(C)c3nnc(C)s3)nc(OC(=O)O)n2)nc1. The van der Waals surface area contributed by atoms with Gasteiger partial charge in [0.05, 0.1) is 6.61 Å². The Morgan fingerprint density at radius 2 is 2.13 bits per heavy atom. The molecule has 4 rings (SSSR count). The summed E-state index contributed by atoms with van der Waals surface area (Å²) in [5.74, 6) is 1.30. The molecule has 0 amide bonds. The topological polar surface area (TPSA) is 123 Å². The van der Waals surface area contributed by atoms with Crippen LogP contribution in [0.4, 0.5) is 15.7 Å². The van der Waals surface area contributed by atoms with Crippen LogP contribution in [0.1, 0.15) is 28.6 Å². The van der Waals surface area contributed by atoms with E-state index in [-0.39, 0.29) is 11.9 Å². The molecule has 30 heavy (non-hydrogen) atoms. The molecule has 1 aliphatic carbocycles. The van der Waals surface area contributed by atoms with E-state index in [0.717, 1.165) is 22.7 Å². The van der Waals surface area contributed by atoms with Crippen LogP contribution in [0.15, 0.2) is 24.4 Å². The molecule has 3 heterocycles. The molecular weight excluding hydrogens is 408 g/mol. The summed E-state index contributed by atoms with van der Waals surface area (Å²) < 4.78 is 10.5. The zero-order chi connectivity index (χ0) is 21.3. The first-order chi connectivity index (χ1) is 14.4. The second-order valence-corrected chi connectivity index (χ2v) is 8.21. The summed E-state index contributed by atoms with van der Waals surface area (Å²) in [6.07, 6.45) is 1.35. The molecule has 3 aromatic rings. The molecule has 0 aromatic carbocycles. The van der Waals surface area contributed by atoms with Crippen LogP contribution in [-0.4, -0.2) is 50.1 Å². The molecule has 0 radical (unpaired) electrons. The summed E-state index contributed by atoms with van der Waals surface area (Å²) >= 11 is 1.38. The Morgan fingerprint density at radius 3 is 2.80 bits per heavy atom. The first-order valence-corrected chi connectivity index (χ1v) is 10.1. The van der Waals surface area contributed by atoms with E-state index in [1.54, 1.807) is 18.0 Å². The van der Waals surface area contributed by atoms with Gasteiger partial charge in [-0.1, -0.05) is 17.4 Å². The van der Waals surface area contributed by atoms with Crippen molar-refractivity contribution in [3.05, 3.63) is 40.7 Å². The van der Waals surface area contributed by atoms with Crippen molar-refractivity contribution >= 4 is 28.4 Å². The summed E-state index contributed by atoms with van der Waals surface area (Å²) in [4.78, 5) is 25.3. The van der Waals surface area contributed by atoms with Crippen molar-refractivity contribution in [2.75, 3.05) is 18.6 Å². The van der Waals surface area contributed by atoms with E-state index in [1.807, 2.05) is 26.1 Å². The summed E-state index contributed by atoms with van der Waals surface area (Å²) in [5, 5.41) is 18.4. The molecule has 0 unspecified atom stereocenters. The maximum absolute atomic E-state index is 11.0. The van der Waals surface area contributed by atoms with E-state index in [4.69, 9.17) is 9.84 Å². The molecule has 1 fully saturated rings. The summed E-state index contributed by atoms with van der Waals surface area (Å²) in [5.41, 5.74) is 2.18. The Labute approximate surface area is 176 Å². The van der Waals surface area contributed by atoms with Crippen molar-refractivity contribution in [3.63, 3.8) is 0 Å². The van der Waals surface area contributed by atoms with Gasteiger partial charge >= 0.3 is 12.2 Å². The van der Waals surface area contributed by atoms with E-state index in [0.29, 0.717) is 29.4 Å². The quantitative estimate of drug-likeness (QED) is 0.560. The second kappa shape index (κ2) is 8.19. The number of hydrogen-bond acceptors (Lipinski definition) is 10. The zero-order valence-corrected chi connectivity index (χ0v) is 17.5. The predicted octanol–water partition coefficient (Wildman–Crippen LogP) is 3.35.